The fraction of sp³-hybridized carbons (Fsp3) is 0.250. The van der Waals surface area contributed by atoms with Crippen molar-refractivity contribution in [1.29, 1.82) is 0 Å². The zero-order valence-electron chi connectivity index (χ0n) is 13.0. The molecule has 2 aromatic carbocycles. The summed E-state index contributed by atoms with van der Waals surface area (Å²) < 4.78 is 23.0. The van der Waals surface area contributed by atoms with E-state index in [1.165, 1.54) is 12.1 Å². The summed E-state index contributed by atoms with van der Waals surface area (Å²) >= 11 is 0. The molecule has 1 aliphatic heterocycles. The van der Waals surface area contributed by atoms with Gasteiger partial charge in [-0.25, -0.2) is 13.6 Å². The number of nitro benzene ring substituents is 1. The Kier molecular flexibility index (Phi) is 4.02. The third kappa shape index (κ3) is 2.98. The molecule has 126 valence electrons. The van der Waals surface area contributed by atoms with Crippen LogP contribution in [0.5, 0.6) is 0 Å². The first-order valence-corrected chi connectivity index (χ1v) is 8.96. The molecule has 0 radical (unpaired) electrons. The van der Waals surface area contributed by atoms with Crippen LogP contribution in [0.4, 0.5) is 11.4 Å². The molecule has 0 amide bonds. The van der Waals surface area contributed by atoms with Crippen LogP contribution in [0.1, 0.15) is 18.1 Å². The summed E-state index contributed by atoms with van der Waals surface area (Å²) in [6.07, 6.45) is 0.666. The van der Waals surface area contributed by atoms with E-state index in [1.54, 1.807) is 30.3 Å². The van der Waals surface area contributed by atoms with E-state index in [-0.39, 0.29) is 21.5 Å². The van der Waals surface area contributed by atoms with Crippen molar-refractivity contribution in [2.24, 2.45) is 5.14 Å². The maximum Gasteiger partial charge on any atom is 0.274 e. The van der Waals surface area contributed by atoms with Gasteiger partial charge in [-0.15, -0.1) is 0 Å². The van der Waals surface area contributed by atoms with Crippen molar-refractivity contribution in [1.82, 2.24) is 0 Å². The number of hydrogen-bond donors (Lipinski definition) is 1. The van der Waals surface area contributed by atoms with Gasteiger partial charge in [0.15, 0.2) is 0 Å². The Morgan fingerprint density at radius 2 is 2.00 bits per heavy atom. The minimum atomic E-state index is -3.74. The topological polar surface area (TPSA) is 107 Å². The highest BCUT2D eigenvalue weighted by Gasteiger charge is 2.28. The summed E-state index contributed by atoms with van der Waals surface area (Å²) in [5.41, 5.74) is 2.47. The molecule has 7 nitrogen and oxygen atoms in total. The molecule has 0 unspecified atom stereocenters. The maximum absolute atomic E-state index is 11.5. The molecular weight excluding hydrogens is 330 g/mol. The fourth-order valence-corrected chi connectivity index (χ4v) is 3.66. The zero-order chi connectivity index (χ0) is 17.5. The Morgan fingerprint density at radius 1 is 1.29 bits per heavy atom. The smallest absolute Gasteiger partial charge is 0.274 e. The molecule has 0 bridgehead atoms. The number of nitro groups is 1. The molecule has 0 aliphatic carbocycles. The molecule has 1 heterocycles. The van der Waals surface area contributed by atoms with Gasteiger partial charge >= 0.3 is 0 Å². The number of rotatable bonds is 4. The average molecular weight is 347 g/mol. The Labute approximate surface area is 139 Å². The van der Waals surface area contributed by atoms with Crippen LogP contribution < -0.4 is 10.0 Å². The van der Waals surface area contributed by atoms with Crippen LogP contribution in [0, 0.1) is 10.1 Å². The van der Waals surface area contributed by atoms with Crippen molar-refractivity contribution in [2.45, 2.75) is 30.8 Å². The van der Waals surface area contributed by atoms with Gasteiger partial charge < -0.3 is 4.90 Å². The van der Waals surface area contributed by atoms with Crippen molar-refractivity contribution in [2.75, 3.05) is 4.90 Å². The number of anilines is 1. The summed E-state index contributed by atoms with van der Waals surface area (Å²) in [6.45, 7) is 2.39. The van der Waals surface area contributed by atoms with E-state index in [0.717, 1.165) is 11.3 Å². The van der Waals surface area contributed by atoms with Crippen LogP contribution >= 0.6 is 0 Å². The van der Waals surface area contributed by atoms with Gasteiger partial charge in [0.1, 0.15) is 0 Å². The van der Waals surface area contributed by atoms with E-state index in [2.05, 4.69) is 0 Å². The lowest BCUT2D eigenvalue weighted by molar-refractivity contribution is -0.385. The first kappa shape index (κ1) is 16.4. The lowest BCUT2D eigenvalue weighted by atomic mass is 10.1. The largest absolute Gasteiger partial charge is 0.364 e. The Bertz CT molecular complexity index is 911. The molecule has 0 fully saturated rings. The summed E-state index contributed by atoms with van der Waals surface area (Å²) in [7, 11) is -3.74. The van der Waals surface area contributed by atoms with E-state index >= 15 is 0 Å². The standard InChI is InChI=1S/C16H17N3O4S/c1-11-8-13-9-14(24(17,22)23)6-7-15(13)18(11)10-12-4-2-3-5-16(12)19(20)21/h2-7,9,11H,8,10H2,1H3,(H2,17,22,23)/t11-/m0/s1. The van der Waals surface area contributed by atoms with Gasteiger partial charge in [-0.1, -0.05) is 18.2 Å². The van der Waals surface area contributed by atoms with E-state index in [1.807, 2.05) is 11.8 Å². The predicted molar refractivity (Wildman–Crippen MR) is 90.3 cm³/mol. The second kappa shape index (κ2) is 5.88. The average Bonchev–Trinajstić information content (AvgIpc) is 2.82. The van der Waals surface area contributed by atoms with Gasteiger partial charge in [-0.05, 0) is 37.1 Å². The number of fused-ring (bicyclic) bond motifs is 1. The highest BCUT2D eigenvalue weighted by atomic mass is 32.2. The highest BCUT2D eigenvalue weighted by molar-refractivity contribution is 7.89. The molecule has 3 rings (SSSR count). The van der Waals surface area contributed by atoms with E-state index in [0.29, 0.717) is 18.5 Å². The maximum atomic E-state index is 11.5. The summed E-state index contributed by atoms with van der Waals surface area (Å²) in [6, 6.07) is 11.5. The lowest BCUT2D eigenvalue weighted by Gasteiger charge is -2.25. The number of benzene rings is 2. The molecule has 1 aliphatic rings. The molecule has 0 saturated heterocycles. The third-order valence-electron chi connectivity index (χ3n) is 4.27. The van der Waals surface area contributed by atoms with Crippen LogP contribution in [0.2, 0.25) is 0 Å². The van der Waals surface area contributed by atoms with E-state index in [9.17, 15) is 18.5 Å². The monoisotopic (exact) mass is 347 g/mol. The second-order valence-corrected chi connectivity index (χ2v) is 7.46. The third-order valence-corrected chi connectivity index (χ3v) is 5.18. The van der Waals surface area contributed by atoms with Crippen molar-refractivity contribution in [3.8, 4) is 0 Å². The zero-order valence-corrected chi connectivity index (χ0v) is 13.9. The molecule has 2 aromatic rings. The number of hydrogen-bond acceptors (Lipinski definition) is 5. The Hall–Kier alpha value is -2.45. The number of primary sulfonamides is 1. The van der Waals surface area contributed by atoms with Crippen LogP contribution in [0.3, 0.4) is 0 Å². The molecule has 0 spiro atoms. The number of nitrogens with zero attached hydrogens (tertiary/aromatic N) is 2. The molecule has 0 saturated carbocycles. The number of para-hydroxylation sites is 1. The predicted octanol–water partition coefficient (Wildman–Crippen LogP) is 2.19. The van der Waals surface area contributed by atoms with Gasteiger partial charge in [0.25, 0.3) is 5.69 Å². The molecule has 1 atom stereocenters. The number of sulfonamides is 1. The van der Waals surface area contributed by atoms with Gasteiger partial charge in [0, 0.05) is 23.4 Å². The normalized spacial score (nSPS) is 16.9. The molecule has 8 heteroatoms. The molecule has 24 heavy (non-hydrogen) atoms. The van der Waals surface area contributed by atoms with Crippen molar-refractivity contribution in [3.05, 3.63) is 63.7 Å². The first-order chi connectivity index (χ1) is 11.3. The first-order valence-electron chi connectivity index (χ1n) is 7.42. The quantitative estimate of drug-likeness (QED) is 0.674. The summed E-state index contributed by atoms with van der Waals surface area (Å²) in [4.78, 5) is 12.9. The highest BCUT2D eigenvalue weighted by Crippen LogP contribution is 2.35. The SMILES string of the molecule is C[C@H]1Cc2cc(S(N)(=O)=O)ccc2N1Cc1ccccc1[N+](=O)[O-]. The van der Waals surface area contributed by atoms with Crippen LogP contribution in [-0.2, 0) is 23.0 Å². The second-order valence-electron chi connectivity index (χ2n) is 5.90. The fourth-order valence-electron chi connectivity index (χ4n) is 3.10. The minimum Gasteiger partial charge on any atom is -0.364 e. The van der Waals surface area contributed by atoms with Crippen LogP contribution in [0.25, 0.3) is 0 Å². The van der Waals surface area contributed by atoms with Crippen molar-refractivity contribution >= 4 is 21.4 Å². The molecule has 2 N–H and O–H groups in total. The van der Waals surface area contributed by atoms with Gasteiger partial charge in [-0.2, -0.15) is 0 Å². The van der Waals surface area contributed by atoms with Crippen molar-refractivity contribution in [3.63, 3.8) is 0 Å². The minimum absolute atomic E-state index is 0.0827. The summed E-state index contributed by atoms with van der Waals surface area (Å²) in [5.74, 6) is 0. The van der Waals surface area contributed by atoms with E-state index in [4.69, 9.17) is 5.14 Å². The lowest BCUT2D eigenvalue weighted by Crippen LogP contribution is -2.28. The molecular formula is C16H17N3O4S. The Balaban J connectivity index is 1.97. The van der Waals surface area contributed by atoms with Crippen molar-refractivity contribution < 1.29 is 13.3 Å². The van der Waals surface area contributed by atoms with Gasteiger partial charge in [0.2, 0.25) is 10.0 Å². The van der Waals surface area contributed by atoms with Crippen LogP contribution in [0.15, 0.2) is 47.4 Å². The molecule has 0 aromatic heterocycles. The van der Waals surface area contributed by atoms with Gasteiger partial charge in [0.05, 0.1) is 16.4 Å². The number of nitrogens with two attached hydrogens (primary N) is 1. The Morgan fingerprint density at radius 3 is 2.67 bits per heavy atom. The van der Waals surface area contributed by atoms with Gasteiger partial charge in [-0.3, -0.25) is 10.1 Å². The van der Waals surface area contributed by atoms with Crippen LogP contribution in [-0.4, -0.2) is 19.4 Å². The summed E-state index contributed by atoms with van der Waals surface area (Å²) in [5, 5.41) is 16.4. The van der Waals surface area contributed by atoms with E-state index < -0.39 is 10.0 Å².